The Morgan fingerprint density at radius 1 is 1.00 bits per heavy atom. The first kappa shape index (κ1) is 18.0. The molecule has 26 heavy (non-hydrogen) atoms. The van der Waals surface area contributed by atoms with Crippen molar-refractivity contribution < 1.29 is 9.47 Å². The fourth-order valence-corrected chi connectivity index (χ4v) is 3.22. The molecule has 0 N–H and O–H groups in total. The highest BCUT2D eigenvalue weighted by atomic mass is 16.5. The second kappa shape index (κ2) is 6.48. The second-order valence-electron chi connectivity index (χ2n) is 7.38. The van der Waals surface area contributed by atoms with Gasteiger partial charge in [-0.05, 0) is 29.0 Å². The molecule has 0 saturated carbocycles. The minimum Gasteiger partial charge on any atom is -0.496 e. The van der Waals surface area contributed by atoms with Crippen LogP contribution in [0.4, 0.5) is 0 Å². The van der Waals surface area contributed by atoms with Gasteiger partial charge in [-0.25, -0.2) is 0 Å². The van der Waals surface area contributed by atoms with E-state index in [1.807, 2.05) is 24.4 Å². The molecule has 0 aliphatic heterocycles. The largest absolute Gasteiger partial charge is 0.496 e. The second-order valence-corrected chi connectivity index (χ2v) is 7.38. The lowest BCUT2D eigenvalue weighted by molar-refractivity contribution is 0.389. The van der Waals surface area contributed by atoms with Gasteiger partial charge in [0.15, 0.2) is 0 Å². The van der Waals surface area contributed by atoms with Crippen molar-refractivity contribution in [3.05, 3.63) is 52.7 Å². The molecule has 0 spiro atoms. The van der Waals surface area contributed by atoms with Gasteiger partial charge >= 0.3 is 0 Å². The quantitative estimate of drug-likeness (QED) is 0.717. The van der Waals surface area contributed by atoms with Crippen molar-refractivity contribution in [2.24, 2.45) is 7.05 Å². The van der Waals surface area contributed by atoms with Crippen LogP contribution in [0.5, 0.6) is 11.5 Å². The molecule has 3 aromatic rings. The van der Waals surface area contributed by atoms with Crippen molar-refractivity contribution >= 4 is 10.8 Å². The van der Waals surface area contributed by atoms with E-state index in [4.69, 9.17) is 9.47 Å². The molecule has 0 bridgehead atoms. The zero-order valence-corrected chi connectivity index (χ0v) is 16.1. The molecule has 0 atom stereocenters. The Balaban J connectivity index is 2.40. The maximum absolute atomic E-state index is 12.4. The van der Waals surface area contributed by atoms with Crippen molar-refractivity contribution in [1.29, 1.82) is 0 Å². The van der Waals surface area contributed by atoms with Crippen LogP contribution in [0.15, 0.2) is 41.6 Å². The molecule has 1 aromatic carbocycles. The molecule has 3 rings (SSSR count). The maximum Gasteiger partial charge on any atom is 0.259 e. The van der Waals surface area contributed by atoms with Gasteiger partial charge in [-0.2, -0.15) is 0 Å². The minimum atomic E-state index is -0.0906. The highest BCUT2D eigenvalue weighted by molar-refractivity contribution is 5.97. The monoisotopic (exact) mass is 352 g/mol. The molecule has 0 saturated heterocycles. The number of benzene rings is 1. The van der Waals surface area contributed by atoms with E-state index in [1.54, 1.807) is 38.2 Å². The van der Waals surface area contributed by atoms with Crippen LogP contribution in [0.3, 0.4) is 0 Å². The summed E-state index contributed by atoms with van der Waals surface area (Å²) in [5.74, 6) is 1.54. The van der Waals surface area contributed by atoms with Gasteiger partial charge in [0.25, 0.3) is 5.56 Å². The normalized spacial score (nSPS) is 11.6. The summed E-state index contributed by atoms with van der Waals surface area (Å²) in [7, 11) is 5.07. The summed E-state index contributed by atoms with van der Waals surface area (Å²) >= 11 is 0. The third-order valence-corrected chi connectivity index (χ3v) is 4.60. The van der Waals surface area contributed by atoms with Crippen LogP contribution >= 0.6 is 0 Å². The van der Waals surface area contributed by atoms with Crippen LogP contribution in [-0.4, -0.2) is 23.8 Å². The fraction of sp³-hybridized carbons (Fsp3) is 0.333. The molecule has 0 fully saturated rings. The van der Waals surface area contributed by atoms with Crippen molar-refractivity contribution in [3.8, 4) is 22.6 Å². The first-order valence-electron chi connectivity index (χ1n) is 8.48. The predicted molar refractivity (Wildman–Crippen MR) is 104 cm³/mol. The third-order valence-electron chi connectivity index (χ3n) is 4.60. The number of nitrogens with zero attached hydrogens (tertiary/aromatic N) is 2. The Labute approximate surface area is 153 Å². The lowest BCUT2D eigenvalue weighted by Crippen LogP contribution is -2.17. The van der Waals surface area contributed by atoms with Gasteiger partial charge in [0.2, 0.25) is 0 Å². The van der Waals surface area contributed by atoms with E-state index in [1.165, 1.54) is 0 Å². The molecule has 2 aromatic heterocycles. The summed E-state index contributed by atoms with van der Waals surface area (Å²) in [5, 5.41) is 1.42. The van der Waals surface area contributed by atoms with Crippen LogP contribution in [0, 0.1) is 0 Å². The zero-order valence-electron chi connectivity index (χ0n) is 16.1. The molecule has 5 nitrogen and oxygen atoms in total. The van der Waals surface area contributed by atoms with E-state index in [2.05, 4.69) is 25.8 Å². The summed E-state index contributed by atoms with van der Waals surface area (Å²) in [6.45, 7) is 6.41. The predicted octanol–water partition coefficient (Wildman–Crippen LogP) is 3.92. The number of aryl methyl sites for hydroxylation is 1. The van der Waals surface area contributed by atoms with Crippen LogP contribution < -0.4 is 15.0 Å². The third kappa shape index (κ3) is 2.94. The number of rotatable bonds is 3. The average molecular weight is 352 g/mol. The van der Waals surface area contributed by atoms with Crippen LogP contribution in [-0.2, 0) is 12.5 Å². The Bertz CT molecular complexity index is 1030. The summed E-state index contributed by atoms with van der Waals surface area (Å²) in [6, 6.07) is 5.86. The Hall–Kier alpha value is -2.82. The first-order chi connectivity index (χ1) is 12.3. The van der Waals surface area contributed by atoms with E-state index in [0.29, 0.717) is 5.39 Å². The summed E-state index contributed by atoms with van der Waals surface area (Å²) in [5.41, 5.74) is 2.68. The molecular weight excluding hydrogens is 328 g/mol. The Morgan fingerprint density at radius 2 is 1.69 bits per heavy atom. The number of fused-ring (bicyclic) bond motifs is 1. The number of methoxy groups -OCH3 is 2. The van der Waals surface area contributed by atoms with E-state index in [9.17, 15) is 4.79 Å². The van der Waals surface area contributed by atoms with Gasteiger partial charge in [-0.1, -0.05) is 20.8 Å². The zero-order chi connectivity index (χ0) is 19.1. The highest BCUT2D eigenvalue weighted by Crippen LogP contribution is 2.42. The van der Waals surface area contributed by atoms with Gasteiger partial charge in [0.05, 0.1) is 19.6 Å². The summed E-state index contributed by atoms with van der Waals surface area (Å²) < 4.78 is 12.9. The Kier molecular flexibility index (Phi) is 4.48. The molecular formula is C21H24N2O3. The van der Waals surface area contributed by atoms with Crippen molar-refractivity contribution in [1.82, 2.24) is 9.55 Å². The number of pyridine rings is 2. The lowest BCUT2D eigenvalue weighted by atomic mass is 9.84. The standard InChI is InChI=1S/C21H24N2O3/c1-21(2,3)17-10-18(25-5)14(9-19(17)26-6)16-12-23(4)20(24)15-11-22-8-7-13(15)16/h7-12H,1-6H3. The first-order valence-corrected chi connectivity index (χ1v) is 8.48. The average Bonchev–Trinajstić information content (AvgIpc) is 2.62. The molecule has 2 heterocycles. The van der Waals surface area contributed by atoms with E-state index in [0.717, 1.165) is 33.6 Å². The summed E-state index contributed by atoms with van der Waals surface area (Å²) in [4.78, 5) is 16.5. The van der Waals surface area contributed by atoms with Crippen molar-refractivity contribution in [2.45, 2.75) is 26.2 Å². The number of ether oxygens (including phenoxy) is 2. The van der Waals surface area contributed by atoms with Crippen molar-refractivity contribution in [3.63, 3.8) is 0 Å². The number of hydrogen-bond acceptors (Lipinski definition) is 4. The maximum atomic E-state index is 12.4. The van der Waals surface area contributed by atoms with E-state index < -0.39 is 0 Å². The molecule has 0 radical (unpaired) electrons. The number of aromatic nitrogens is 2. The van der Waals surface area contributed by atoms with E-state index in [-0.39, 0.29) is 11.0 Å². The smallest absolute Gasteiger partial charge is 0.259 e. The van der Waals surface area contributed by atoms with Gasteiger partial charge in [-0.3, -0.25) is 9.78 Å². The fourth-order valence-electron chi connectivity index (χ4n) is 3.22. The lowest BCUT2D eigenvalue weighted by Gasteiger charge is -2.24. The minimum absolute atomic E-state index is 0.0749. The molecule has 0 amide bonds. The van der Waals surface area contributed by atoms with Gasteiger partial charge in [0, 0.05) is 42.3 Å². The van der Waals surface area contributed by atoms with Crippen LogP contribution in [0.1, 0.15) is 26.3 Å². The molecule has 0 aliphatic carbocycles. The molecule has 5 heteroatoms. The van der Waals surface area contributed by atoms with Gasteiger partial charge < -0.3 is 14.0 Å². The topological polar surface area (TPSA) is 53.4 Å². The summed E-state index contributed by atoms with van der Waals surface area (Å²) in [6.07, 6.45) is 5.13. The van der Waals surface area contributed by atoms with Crippen molar-refractivity contribution in [2.75, 3.05) is 14.2 Å². The van der Waals surface area contributed by atoms with Crippen LogP contribution in [0.25, 0.3) is 21.9 Å². The molecule has 0 unspecified atom stereocenters. The van der Waals surface area contributed by atoms with Crippen LogP contribution in [0.2, 0.25) is 0 Å². The Morgan fingerprint density at radius 3 is 2.31 bits per heavy atom. The SMILES string of the molecule is COc1cc(C(C)(C)C)c(OC)cc1-c1cn(C)c(=O)c2cnccc12. The molecule has 136 valence electrons. The molecule has 0 aliphatic rings. The van der Waals surface area contributed by atoms with Gasteiger partial charge in [-0.15, -0.1) is 0 Å². The van der Waals surface area contributed by atoms with Gasteiger partial charge in [0.1, 0.15) is 11.5 Å². The number of hydrogen-bond donors (Lipinski definition) is 0. The van der Waals surface area contributed by atoms with E-state index >= 15 is 0 Å². The highest BCUT2D eigenvalue weighted by Gasteiger charge is 2.23.